The molecule has 8 heteroatoms. The lowest BCUT2D eigenvalue weighted by Gasteiger charge is -2.23. The Morgan fingerprint density at radius 3 is 2.32 bits per heavy atom. The molecule has 118 valence electrons. The molecule has 0 aliphatic rings. The van der Waals surface area contributed by atoms with Crippen LogP contribution < -0.4 is 4.31 Å². The quantitative estimate of drug-likeness (QED) is 0.800. The number of benzene rings is 2. The van der Waals surface area contributed by atoms with Gasteiger partial charge in [0.1, 0.15) is 4.90 Å². The van der Waals surface area contributed by atoms with Crippen LogP contribution in [0.5, 0.6) is 0 Å². The number of hydrogen-bond donors (Lipinski definition) is 0. The Balaban J connectivity index is 2.58. The van der Waals surface area contributed by atoms with Crippen LogP contribution in [0.1, 0.15) is 6.92 Å². The number of halogens is 4. The molecule has 0 heterocycles. The molecule has 2 aromatic rings. The topological polar surface area (TPSA) is 37.4 Å². The maximum atomic E-state index is 13.4. The molecule has 0 bridgehead atoms. The van der Waals surface area contributed by atoms with E-state index in [9.17, 15) is 17.2 Å². The molecule has 0 fully saturated rings. The van der Waals surface area contributed by atoms with Gasteiger partial charge in [-0.05, 0) is 37.3 Å². The maximum Gasteiger partial charge on any atom is 0.265 e. The summed E-state index contributed by atoms with van der Waals surface area (Å²) in [6, 6.07) is 6.88. The normalized spacial score (nSPS) is 11.5. The van der Waals surface area contributed by atoms with Crippen molar-refractivity contribution in [2.24, 2.45) is 0 Å². The summed E-state index contributed by atoms with van der Waals surface area (Å²) in [6.07, 6.45) is 0. The first kappa shape index (κ1) is 17.0. The largest absolute Gasteiger partial charge is 0.266 e. The van der Waals surface area contributed by atoms with Crippen molar-refractivity contribution in [1.82, 2.24) is 0 Å². The summed E-state index contributed by atoms with van der Waals surface area (Å²) in [4.78, 5) is -0.201. The molecular weight excluding hydrogens is 355 g/mol. The molecule has 0 aliphatic carbocycles. The molecule has 0 aromatic heterocycles. The molecule has 0 amide bonds. The minimum Gasteiger partial charge on any atom is -0.266 e. The summed E-state index contributed by atoms with van der Waals surface area (Å²) in [5.74, 6) is -2.19. The second-order valence-electron chi connectivity index (χ2n) is 4.34. The van der Waals surface area contributed by atoms with E-state index in [2.05, 4.69) is 0 Å². The van der Waals surface area contributed by atoms with Crippen molar-refractivity contribution < 1.29 is 17.2 Å². The first-order chi connectivity index (χ1) is 10.3. The van der Waals surface area contributed by atoms with Crippen LogP contribution in [0.15, 0.2) is 41.3 Å². The van der Waals surface area contributed by atoms with Crippen LogP contribution in [0.2, 0.25) is 10.0 Å². The Bertz CT molecular complexity index is 812. The molecule has 0 N–H and O–H groups in total. The lowest BCUT2D eigenvalue weighted by atomic mass is 10.3. The monoisotopic (exact) mass is 365 g/mol. The van der Waals surface area contributed by atoms with Gasteiger partial charge in [0, 0.05) is 17.6 Å². The van der Waals surface area contributed by atoms with Crippen molar-refractivity contribution in [2.75, 3.05) is 10.8 Å². The second kappa shape index (κ2) is 6.40. The number of anilines is 1. The van der Waals surface area contributed by atoms with Crippen molar-refractivity contribution in [3.05, 3.63) is 58.1 Å². The van der Waals surface area contributed by atoms with Gasteiger partial charge in [-0.3, -0.25) is 4.31 Å². The Morgan fingerprint density at radius 1 is 1.05 bits per heavy atom. The molecule has 0 saturated carbocycles. The van der Waals surface area contributed by atoms with Gasteiger partial charge in [0.15, 0.2) is 11.6 Å². The zero-order valence-corrected chi connectivity index (χ0v) is 13.7. The van der Waals surface area contributed by atoms with Gasteiger partial charge < -0.3 is 0 Å². The number of rotatable bonds is 4. The fourth-order valence-electron chi connectivity index (χ4n) is 1.93. The third-order valence-electron chi connectivity index (χ3n) is 2.94. The zero-order chi connectivity index (χ0) is 16.5. The van der Waals surface area contributed by atoms with Crippen molar-refractivity contribution in [1.29, 1.82) is 0 Å². The van der Waals surface area contributed by atoms with Gasteiger partial charge in [0.05, 0.1) is 10.7 Å². The highest BCUT2D eigenvalue weighted by atomic mass is 35.5. The summed E-state index contributed by atoms with van der Waals surface area (Å²) in [7, 11) is -4.06. The fraction of sp³-hybridized carbons (Fsp3) is 0.143. The summed E-state index contributed by atoms with van der Waals surface area (Å²) in [5, 5.41) is 0.190. The van der Waals surface area contributed by atoms with Gasteiger partial charge in [0.2, 0.25) is 0 Å². The van der Waals surface area contributed by atoms with Crippen LogP contribution in [0.3, 0.4) is 0 Å². The fourth-order valence-corrected chi connectivity index (χ4v) is 4.13. The van der Waals surface area contributed by atoms with Crippen molar-refractivity contribution >= 4 is 38.9 Å². The molecular formula is C14H11Cl2F2NO2S. The SMILES string of the molecule is CCN(c1ccc(F)c(F)c1)S(=O)(=O)c1cc(Cl)ccc1Cl. The van der Waals surface area contributed by atoms with E-state index in [1.165, 1.54) is 24.3 Å². The molecule has 2 aromatic carbocycles. The average Bonchev–Trinajstić information content (AvgIpc) is 2.45. The molecule has 0 unspecified atom stereocenters. The van der Waals surface area contributed by atoms with Gasteiger partial charge in [-0.1, -0.05) is 23.2 Å². The van der Waals surface area contributed by atoms with E-state index in [0.717, 1.165) is 16.4 Å². The minimum atomic E-state index is -4.06. The van der Waals surface area contributed by atoms with E-state index in [1.807, 2.05) is 0 Å². The number of sulfonamides is 1. The molecule has 3 nitrogen and oxygen atoms in total. The smallest absolute Gasteiger partial charge is 0.265 e. The Kier molecular flexibility index (Phi) is 4.94. The highest BCUT2D eigenvalue weighted by molar-refractivity contribution is 7.93. The molecule has 2 rings (SSSR count). The molecule has 0 radical (unpaired) electrons. The Labute approximate surface area is 137 Å². The lowest BCUT2D eigenvalue weighted by Crippen LogP contribution is -2.31. The van der Waals surface area contributed by atoms with E-state index >= 15 is 0 Å². The average molecular weight is 366 g/mol. The van der Waals surface area contributed by atoms with Crippen LogP contribution in [-0.4, -0.2) is 15.0 Å². The molecule has 0 saturated heterocycles. The summed E-state index contributed by atoms with van der Waals surface area (Å²) in [5.41, 5.74) is -0.00237. The van der Waals surface area contributed by atoms with Crippen LogP contribution in [0.25, 0.3) is 0 Å². The third-order valence-corrected chi connectivity index (χ3v) is 5.56. The van der Waals surface area contributed by atoms with Gasteiger partial charge >= 0.3 is 0 Å². The Hall–Kier alpha value is -1.37. The van der Waals surface area contributed by atoms with Crippen LogP contribution in [-0.2, 0) is 10.0 Å². The van der Waals surface area contributed by atoms with Crippen LogP contribution >= 0.6 is 23.2 Å². The highest BCUT2D eigenvalue weighted by Crippen LogP contribution is 2.31. The van der Waals surface area contributed by atoms with Crippen LogP contribution in [0, 0.1) is 11.6 Å². The molecule has 22 heavy (non-hydrogen) atoms. The molecule has 0 atom stereocenters. The zero-order valence-electron chi connectivity index (χ0n) is 11.4. The van der Waals surface area contributed by atoms with E-state index in [4.69, 9.17) is 23.2 Å². The first-order valence-electron chi connectivity index (χ1n) is 6.20. The number of nitrogens with zero attached hydrogens (tertiary/aromatic N) is 1. The van der Waals surface area contributed by atoms with Gasteiger partial charge in [-0.2, -0.15) is 0 Å². The van der Waals surface area contributed by atoms with Crippen molar-refractivity contribution in [3.8, 4) is 0 Å². The number of hydrogen-bond acceptors (Lipinski definition) is 2. The second-order valence-corrected chi connectivity index (χ2v) is 7.02. The van der Waals surface area contributed by atoms with Crippen molar-refractivity contribution in [2.45, 2.75) is 11.8 Å². The van der Waals surface area contributed by atoms with Crippen molar-refractivity contribution in [3.63, 3.8) is 0 Å². The summed E-state index contributed by atoms with van der Waals surface area (Å²) in [6.45, 7) is 1.58. The molecule has 0 spiro atoms. The van der Waals surface area contributed by atoms with E-state index in [-0.39, 0.29) is 27.2 Å². The van der Waals surface area contributed by atoms with Crippen LogP contribution in [0.4, 0.5) is 14.5 Å². The third kappa shape index (κ3) is 3.19. The standard InChI is InChI=1S/C14H11Cl2F2NO2S/c1-2-19(10-4-6-12(17)13(18)8-10)22(20,21)14-7-9(15)3-5-11(14)16/h3-8H,2H2,1H3. The van der Waals surface area contributed by atoms with E-state index in [1.54, 1.807) is 6.92 Å². The summed E-state index contributed by atoms with van der Waals surface area (Å²) < 4.78 is 52.7. The first-order valence-corrected chi connectivity index (χ1v) is 8.39. The predicted octanol–water partition coefficient (Wildman–Crippen LogP) is 4.49. The van der Waals surface area contributed by atoms with Gasteiger partial charge in [-0.15, -0.1) is 0 Å². The highest BCUT2D eigenvalue weighted by Gasteiger charge is 2.27. The Morgan fingerprint density at radius 2 is 1.73 bits per heavy atom. The predicted molar refractivity (Wildman–Crippen MR) is 83.0 cm³/mol. The van der Waals surface area contributed by atoms with Gasteiger partial charge in [-0.25, -0.2) is 17.2 Å². The minimum absolute atomic E-state index is 0.00237. The maximum absolute atomic E-state index is 13.4. The van der Waals surface area contributed by atoms with E-state index in [0.29, 0.717) is 0 Å². The summed E-state index contributed by atoms with van der Waals surface area (Å²) >= 11 is 11.7. The van der Waals surface area contributed by atoms with Gasteiger partial charge in [0.25, 0.3) is 10.0 Å². The molecule has 0 aliphatic heterocycles. The van der Waals surface area contributed by atoms with E-state index < -0.39 is 21.7 Å². The lowest BCUT2D eigenvalue weighted by molar-refractivity contribution is 0.508.